The van der Waals surface area contributed by atoms with E-state index in [1.165, 1.54) is 0 Å². The van der Waals surface area contributed by atoms with Crippen LogP contribution in [0.2, 0.25) is 0 Å². The van der Waals surface area contributed by atoms with Gasteiger partial charge in [0, 0.05) is 27.6 Å². The van der Waals surface area contributed by atoms with Gasteiger partial charge in [0.1, 0.15) is 0 Å². The summed E-state index contributed by atoms with van der Waals surface area (Å²) in [6.45, 7) is -0.0402. The number of hydrogen-bond donors (Lipinski definition) is 2. The molecule has 14 heavy (non-hydrogen) atoms. The predicted molar refractivity (Wildman–Crippen MR) is 56.5 cm³/mol. The van der Waals surface area contributed by atoms with E-state index in [2.05, 4.69) is 5.32 Å². The van der Waals surface area contributed by atoms with Crippen molar-refractivity contribution in [1.29, 1.82) is 0 Å². The third kappa shape index (κ3) is 2.93. The van der Waals surface area contributed by atoms with Crippen molar-refractivity contribution in [3.8, 4) is 0 Å². The highest BCUT2D eigenvalue weighted by molar-refractivity contribution is 7.84. The Kier molecular flexibility index (Phi) is 3.79. The third-order valence-electron chi connectivity index (χ3n) is 1.66. The molecule has 0 aromatic heterocycles. The van der Waals surface area contributed by atoms with Gasteiger partial charge in [-0.2, -0.15) is 0 Å². The number of carbonyl (C=O) groups excluding carboxylic acids is 1. The number of carbonyl (C=O) groups is 1. The Morgan fingerprint density at radius 3 is 2.43 bits per heavy atom. The SMILES string of the molecule is CS(=O)c1ccc(NC(=O)CN)cc1. The van der Waals surface area contributed by atoms with Crippen LogP contribution < -0.4 is 11.1 Å². The molecular weight excluding hydrogens is 200 g/mol. The minimum absolute atomic E-state index is 0.0402. The molecule has 0 saturated carbocycles. The van der Waals surface area contributed by atoms with Crippen molar-refractivity contribution in [3.63, 3.8) is 0 Å². The summed E-state index contributed by atoms with van der Waals surface area (Å²) < 4.78 is 11.0. The summed E-state index contributed by atoms with van der Waals surface area (Å²) in [6, 6.07) is 6.82. The van der Waals surface area contributed by atoms with Crippen LogP contribution in [0.5, 0.6) is 0 Å². The van der Waals surface area contributed by atoms with Crippen molar-refractivity contribution in [2.45, 2.75) is 4.90 Å². The van der Waals surface area contributed by atoms with Crippen molar-refractivity contribution < 1.29 is 9.00 Å². The molecule has 1 aromatic rings. The number of hydrogen-bond acceptors (Lipinski definition) is 3. The highest BCUT2D eigenvalue weighted by Gasteiger charge is 2.00. The molecule has 1 rings (SSSR count). The highest BCUT2D eigenvalue weighted by Crippen LogP contribution is 2.11. The van der Waals surface area contributed by atoms with E-state index in [1.54, 1.807) is 30.5 Å². The summed E-state index contributed by atoms with van der Waals surface area (Å²) in [6.07, 6.45) is 1.60. The van der Waals surface area contributed by atoms with Gasteiger partial charge in [0.25, 0.3) is 0 Å². The third-order valence-corrected chi connectivity index (χ3v) is 2.59. The van der Waals surface area contributed by atoms with Crippen molar-refractivity contribution >= 4 is 22.4 Å². The van der Waals surface area contributed by atoms with Crippen LogP contribution in [0.3, 0.4) is 0 Å². The molecule has 1 amide bonds. The second kappa shape index (κ2) is 4.88. The Morgan fingerprint density at radius 1 is 1.43 bits per heavy atom. The lowest BCUT2D eigenvalue weighted by Gasteiger charge is -2.03. The highest BCUT2D eigenvalue weighted by atomic mass is 32.2. The molecule has 0 aliphatic rings. The van der Waals surface area contributed by atoms with E-state index in [0.717, 1.165) is 4.90 Å². The zero-order chi connectivity index (χ0) is 10.6. The minimum Gasteiger partial charge on any atom is -0.325 e. The van der Waals surface area contributed by atoms with Gasteiger partial charge < -0.3 is 11.1 Å². The van der Waals surface area contributed by atoms with Gasteiger partial charge in [-0.3, -0.25) is 9.00 Å². The van der Waals surface area contributed by atoms with Crippen LogP contribution in [-0.4, -0.2) is 22.9 Å². The number of anilines is 1. The number of amides is 1. The molecule has 0 saturated heterocycles. The van der Waals surface area contributed by atoms with Crippen molar-refractivity contribution in [2.75, 3.05) is 18.1 Å². The molecule has 3 N–H and O–H groups in total. The van der Waals surface area contributed by atoms with Crippen LogP contribution in [0.1, 0.15) is 0 Å². The Hall–Kier alpha value is -1.20. The molecule has 4 nitrogen and oxygen atoms in total. The maximum Gasteiger partial charge on any atom is 0.238 e. The minimum atomic E-state index is -0.989. The molecule has 1 atom stereocenters. The van der Waals surface area contributed by atoms with Gasteiger partial charge >= 0.3 is 0 Å². The molecule has 0 aliphatic carbocycles. The van der Waals surface area contributed by atoms with E-state index < -0.39 is 10.8 Å². The van der Waals surface area contributed by atoms with Crippen LogP contribution in [-0.2, 0) is 15.6 Å². The van der Waals surface area contributed by atoms with E-state index in [-0.39, 0.29) is 12.5 Å². The largest absolute Gasteiger partial charge is 0.325 e. The molecule has 1 unspecified atom stereocenters. The maximum absolute atomic E-state index is 11.0. The number of rotatable bonds is 3. The molecule has 0 heterocycles. The monoisotopic (exact) mass is 212 g/mol. The summed E-state index contributed by atoms with van der Waals surface area (Å²) >= 11 is 0. The first-order valence-electron chi connectivity index (χ1n) is 4.07. The zero-order valence-electron chi connectivity index (χ0n) is 7.82. The van der Waals surface area contributed by atoms with Crippen molar-refractivity contribution in [2.24, 2.45) is 5.73 Å². The predicted octanol–water partition coefficient (Wildman–Crippen LogP) is 0.321. The van der Waals surface area contributed by atoms with Gasteiger partial charge in [0.05, 0.1) is 6.54 Å². The summed E-state index contributed by atoms with van der Waals surface area (Å²) in [7, 11) is -0.989. The van der Waals surface area contributed by atoms with Crippen molar-refractivity contribution in [1.82, 2.24) is 0 Å². The lowest BCUT2D eigenvalue weighted by molar-refractivity contribution is -0.114. The van der Waals surface area contributed by atoms with Crippen LogP contribution in [0.15, 0.2) is 29.2 Å². The molecule has 5 heteroatoms. The van der Waals surface area contributed by atoms with Gasteiger partial charge in [-0.1, -0.05) is 0 Å². The van der Waals surface area contributed by atoms with Crippen molar-refractivity contribution in [3.05, 3.63) is 24.3 Å². The molecule has 1 aromatic carbocycles. The lowest BCUT2D eigenvalue weighted by atomic mass is 10.3. The van der Waals surface area contributed by atoms with E-state index in [1.807, 2.05) is 0 Å². The van der Waals surface area contributed by atoms with E-state index >= 15 is 0 Å². The smallest absolute Gasteiger partial charge is 0.238 e. The standard InChI is InChI=1S/C9H12N2O2S/c1-14(13)8-4-2-7(3-5-8)11-9(12)6-10/h2-5H,6,10H2,1H3,(H,11,12). The van der Waals surface area contributed by atoms with Gasteiger partial charge in [-0.25, -0.2) is 0 Å². The Balaban J connectivity index is 2.73. The summed E-state index contributed by atoms with van der Waals surface area (Å²) in [5.41, 5.74) is 5.80. The van der Waals surface area contributed by atoms with E-state index in [0.29, 0.717) is 5.69 Å². The second-order valence-electron chi connectivity index (χ2n) is 2.73. The number of nitrogens with one attached hydrogen (secondary N) is 1. The van der Waals surface area contributed by atoms with Crippen LogP contribution in [0, 0.1) is 0 Å². The molecule has 0 fully saturated rings. The van der Waals surface area contributed by atoms with Gasteiger partial charge in [0.15, 0.2) is 0 Å². The molecule has 0 aliphatic heterocycles. The van der Waals surface area contributed by atoms with Gasteiger partial charge in [-0.15, -0.1) is 0 Å². The topological polar surface area (TPSA) is 72.2 Å². The second-order valence-corrected chi connectivity index (χ2v) is 4.11. The number of benzene rings is 1. The van der Waals surface area contributed by atoms with Gasteiger partial charge in [-0.05, 0) is 24.3 Å². The molecule has 0 spiro atoms. The molecule has 76 valence electrons. The fraction of sp³-hybridized carbons (Fsp3) is 0.222. The van der Waals surface area contributed by atoms with E-state index in [4.69, 9.17) is 5.73 Å². The average molecular weight is 212 g/mol. The maximum atomic E-state index is 11.0. The van der Waals surface area contributed by atoms with Crippen LogP contribution >= 0.6 is 0 Å². The molecular formula is C9H12N2O2S. The lowest BCUT2D eigenvalue weighted by Crippen LogP contribution is -2.21. The quantitative estimate of drug-likeness (QED) is 0.758. The summed E-state index contributed by atoms with van der Waals surface area (Å²) in [4.78, 5) is 11.6. The first kappa shape index (κ1) is 10.9. The summed E-state index contributed by atoms with van der Waals surface area (Å²) in [5.74, 6) is -0.240. The fourth-order valence-corrected chi connectivity index (χ4v) is 1.46. The van der Waals surface area contributed by atoms with Crippen LogP contribution in [0.25, 0.3) is 0 Å². The first-order valence-corrected chi connectivity index (χ1v) is 5.62. The molecule has 0 radical (unpaired) electrons. The normalized spacial score (nSPS) is 12.1. The zero-order valence-corrected chi connectivity index (χ0v) is 8.64. The van der Waals surface area contributed by atoms with Gasteiger partial charge in [0.2, 0.25) is 5.91 Å². The Labute approximate surface area is 85.0 Å². The van der Waals surface area contributed by atoms with E-state index in [9.17, 15) is 9.00 Å². The average Bonchev–Trinajstić information content (AvgIpc) is 2.18. The molecule has 0 bridgehead atoms. The fourth-order valence-electron chi connectivity index (χ4n) is 0.942. The Morgan fingerprint density at radius 2 is 2.00 bits per heavy atom. The first-order chi connectivity index (χ1) is 6.63. The van der Waals surface area contributed by atoms with Crippen LogP contribution in [0.4, 0.5) is 5.69 Å². The number of nitrogens with two attached hydrogens (primary N) is 1. The summed E-state index contributed by atoms with van der Waals surface area (Å²) in [5, 5.41) is 2.59. The Bertz CT molecular complexity index is 348.